The molecule has 24 heavy (non-hydrogen) atoms. The summed E-state index contributed by atoms with van der Waals surface area (Å²) in [6, 6.07) is 0. The Kier molecular flexibility index (Phi) is 4.12. The Hall–Kier alpha value is -2.11. The molecule has 1 unspecified atom stereocenters. The van der Waals surface area contributed by atoms with Crippen LogP contribution in [0.5, 0.6) is 0 Å². The number of anilines is 2. The van der Waals surface area contributed by atoms with Crippen molar-refractivity contribution >= 4 is 11.6 Å². The van der Waals surface area contributed by atoms with Crippen LogP contribution in [-0.4, -0.2) is 46.7 Å². The molecule has 0 amide bonds. The summed E-state index contributed by atoms with van der Waals surface area (Å²) in [6.45, 7) is 3.15. The Bertz CT molecular complexity index is 690. The Morgan fingerprint density at radius 1 is 1.08 bits per heavy atom. The van der Waals surface area contributed by atoms with Crippen molar-refractivity contribution in [2.45, 2.75) is 38.1 Å². The Labute approximate surface area is 143 Å². The highest BCUT2D eigenvalue weighted by Gasteiger charge is 2.29. The number of nitrogens with zero attached hydrogens (tertiary/aromatic N) is 6. The van der Waals surface area contributed by atoms with Crippen LogP contribution in [0.4, 0.5) is 11.6 Å². The molecule has 6 heteroatoms. The summed E-state index contributed by atoms with van der Waals surface area (Å²) in [7, 11) is 4.05. The van der Waals surface area contributed by atoms with Gasteiger partial charge in [0, 0.05) is 64.4 Å². The molecule has 0 radical (unpaired) electrons. The van der Waals surface area contributed by atoms with Gasteiger partial charge in [0.1, 0.15) is 5.82 Å². The fraction of sp³-hybridized carbons (Fsp3) is 0.611. The predicted octanol–water partition coefficient (Wildman–Crippen LogP) is 2.53. The van der Waals surface area contributed by atoms with Gasteiger partial charge in [-0.25, -0.2) is 15.0 Å². The lowest BCUT2D eigenvalue weighted by Crippen LogP contribution is -2.37. The maximum absolute atomic E-state index is 4.70. The minimum Gasteiger partial charge on any atom is -0.360 e. The van der Waals surface area contributed by atoms with Crippen LogP contribution < -0.4 is 9.80 Å². The van der Waals surface area contributed by atoms with Gasteiger partial charge in [0.25, 0.3) is 0 Å². The van der Waals surface area contributed by atoms with Crippen molar-refractivity contribution in [3.63, 3.8) is 0 Å². The molecule has 4 rings (SSSR count). The Balaban J connectivity index is 1.55. The molecule has 1 atom stereocenters. The maximum Gasteiger partial charge on any atom is 0.171 e. The molecule has 1 saturated heterocycles. The van der Waals surface area contributed by atoms with E-state index in [1.165, 1.54) is 31.5 Å². The van der Waals surface area contributed by atoms with E-state index in [2.05, 4.69) is 25.6 Å². The number of rotatable bonds is 5. The summed E-state index contributed by atoms with van der Waals surface area (Å²) in [5, 5.41) is 0. The number of piperidine rings is 1. The van der Waals surface area contributed by atoms with Crippen molar-refractivity contribution in [3.8, 4) is 0 Å². The molecule has 3 heterocycles. The third-order valence-corrected chi connectivity index (χ3v) is 5.07. The van der Waals surface area contributed by atoms with Crippen LogP contribution >= 0.6 is 0 Å². The fourth-order valence-corrected chi connectivity index (χ4v) is 3.66. The first kappa shape index (κ1) is 15.4. The van der Waals surface area contributed by atoms with Crippen molar-refractivity contribution < 1.29 is 0 Å². The number of hydrogen-bond donors (Lipinski definition) is 0. The molecule has 2 aliphatic rings. The van der Waals surface area contributed by atoms with Gasteiger partial charge in [0.2, 0.25) is 0 Å². The molecule has 1 aliphatic heterocycles. The van der Waals surface area contributed by atoms with Crippen LogP contribution in [0.15, 0.2) is 24.8 Å². The fourth-order valence-electron chi connectivity index (χ4n) is 3.66. The van der Waals surface area contributed by atoms with Crippen molar-refractivity contribution in [1.82, 2.24) is 19.5 Å². The summed E-state index contributed by atoms with van der Waals surface area (Å²) in [5.41, 5.74) is 0. The summed E-state index contributed by atoms with van der Waals surface area (Å²) in [6.07, 6.45) is 12.8. The van der Waals surface area contributed by atoms with Gasteiger partial charge >= 0.3 is 0 Å². The third kappa shape index (κ3) is 3.09. The topological polar surface area (TPSA) is 50.1 Å². The molecule has 0 N–H and O–H groups in total. The minimum atomic E-state index is 0.476. The van der Waals surface area contributed by atoms with E-state index in [1.807, 2.05) is 25.2 Å². The SMILES string of the molecule is CN(C)c1nccnc1N1CCCC(c2nccn2CC2CC2)C1. The van der Waals surface area contributed by atoms with Crippen molar-refractivity contribution in [1.29, 1.82) is 0 Å². The van der Waals surface area contributed by atoms with E-state index in [4.69, 9.17) is 4.98 Å². The summed E-state index contributed by atoms with van der Waals surface area (Å²) in [4.78, 5) is 18.2. The van der Waals surface area contributed by atoms with E-state index in [9.17, 15) is 0 Å². The van der Waals surface area contributed by atoms with E-state index >= 15 is 0 Å². The second-order valence-corrected chi connectivity index (χ2v) is 7.26. The lowest BCUT2D eigenvalue weighted by molar-refractivity contribution is 0.461. The van der Waals surface area contributed by atoms with Gasteiger partial charge in [-0.3, -0.25) is 0 Å². The first-order valence-electron chi connectivity index (χ1n) is 8.96. The molecule has 0 spiro atoms. The average molecular weight is 326 g/mol. The van der Waals surface area contributed by atoms with E-state index < -0.39 is 0 Å². The molecular formula is C18H26N6. The molecule has 0 aromatic carbocycles. The van der Waals surface area contributed by atoms with E-state index in [0.717, 1.165) is 37.2 Å². The molecule has 2 aromatic heterocycles. The highest BCUT2D eigenvalue weighted by Crippen LogP contribution is 2.34. The molecule has 6 nitrogen and oxygen atoms in total. The summed E-state index contributed by atoms with van der Waals surface area (Å²) in [5.74, 6) is 4.54. The van der Waals surface area contributed by atoms with E-state index in [0.29, 0.717) is 5.92 Å². The maximum atomic E-state index is 4.70. The van der Waals surface area contributed by atoms with Crippen molar-refractivity contribution in [2.24, 2.45) is 5.92 Å². The largest absolute Gasteiger partial charge is 0.360 e. The van der Waals surface area contributed by atoms with Crippen LogP contribution in [0.2, 0.25) is 0 Å². The molecule has 2 fully saturated rings. The Morgan fingerprint density at radius 3 is 2.71 bits per heavy atom. The standard InChI is InChI=1S/C18H26N6/c1-22(2)17-18(20-8-7-19-17)23-10-3-4-15(13-23)16-21-9-11-24(16)12-14-5-6-14/h7-9,11,14-15H,3-6,10,12-13H2,1-2H3. The zero-order chi connectivity index (χ0) is 16.5. The molecule has 1 saturated carbocycles. The van der Waals surface area contributed by atoms with Gasteiger partial charge in [-0.15, -0.1) is 0 Å². The van der Waals surface area contributed by atoms with Gasteiger partial charge in [-0.2, -0.15) is 0 Å². The molecule has 128 valence electrons. The molecular weight excluding hydrogens is 300 g/mol. The summed E-state index contributed by atoms with van der Waals surface area (Å²) >= 11 is 0. The normalized spacial score (nSPS) is 21.1. The first-order chi connectivity index (χ1) is 11.7. The molecule has 2 aromatic rings. The number of imidazole rings is 1. The second-order valence-electron chi connectivity index (χ2n) is 7.26. The predicted molar refractivity (Wildman–Crippen MR) is 95.5 cm³/mol. The average Bonchev–Trinajstić information content (AvgIpc) is 3.30. The van der Waals surface area contributed by atoms with Crippen LogP contribution in [0, 0.1) is 5.92 Å². The van der Waals surface area contributed by atoms with E-state index in [-0.39, 0.29) is 0 Å². The zero-order valence-electron chi connectivity index (χ0n) is 14.6. The van der Waals surface area contributed by atoms with Crippen LogP contribution in [0.1, 0.15) is 37.4 Å². The molecule has 1 aliphatic carbocycles. The highest BCUT2D eigenvalue weighted by molar-refractivity contribution is 5.61. The zero-order valence-corrected chi connectivity index (χ0v) is 14.6. The van der Waals surface area contributed by atoms with Gasteiger partial charge in [-0.05, 0) is 31.6 Å². The van der Waals surface area contributed by atoms with Crippen LogP contribution in [0.25, 0.3) is 0 Å². The minimum absolute atomic E-state index is 0.476. The highest BCUT2D eigenvalue weighted by atomic mass is 15.3. The van der Waals surface area contributed by atoms with Gasteiger partial charge < -0.3 is 14.4 Å². The lowest BCUT2D eigenvalue weighted by Gasteiger charge is -2.34. The van der Waals surface area contributed by atoms with E-state index in [1.54, 1.807) is 12.4 Å². The quantitative estimate of drug-likeness (QED) is 0.845. The number of aromatic nitrogens is 4. The van der Waals surface area contributed by atoms with Gasteiger partial charge in [-0.1, -0.05) is 0 Å². The van der Waals surface area contributed by atoms with Crippen molar-refractivity contribution in [3.05, 3.63) is 30.6 Å². The smallest absolute Gasteiger partial charge is 0.171 e. The van der Waals surface area contributed by atoms with Crippen LogP contribution in [-0.2, 0) is 6.54 Å². The third-order valence-electron chi connectivity index (χ3n) is 5.07. The lowest BCUT2D eigenvalue weighted by atomic mass is 9.97. The second kappa shape index (κ2) is 6.42. The van der Waals surface area contributed by atoms with Crippen LogP contribution in [0.3, 0.4) is 0 Å². The molecule has 0 bridgehead atoms. The van der Waals surface area contributed by atoms with Gasteiger partial charge in [0.15, 0.2) is 11.6 Å². The monoisotopic (exact) mass is 326 g/mol. The number of hydrogen-bond acceptors (Lipinski definition) is 5. The Morgan fingerprint density at radius 2 is 1.92 bits per heavy atom. The van der Waals surface area contributed by atoms with Crippen molar-refractivity contribution in [2.75, 3.05) is 37.0 Å². The first-order valence-corrected chi connectivity index (χ1v) is 8.96. The van der Waals surface area contributed by atoms with Gasteiger partial charge in [0.05, 0.1) is 0 Å². The summed E-state index contributed by atoms with van der Waals surface area (Å²) < 4.78 is 2.38.